The van der Waals surface area contributed by atoms with Crippen LogP contribution in [0.15, 0.2) is 0 Å². The van der Waals surface area contributed by atoms with Gasteiger partial charge in [-0.2, -0.15) is 0 Å². The van der Waals surface area contributed by atoms with Crippen LogP contribution in [0.2, 0.25) is 0 Å². The Bertz CT molecular complexity index is 628. The molecule has 1 fully saturated rings. The van der Waals surface area contributed by atoms with Crippen LogP contribution >= 0.6 is 0 Å². The number of nitrogens with one attached hydrogen (secondary N) is 1. The zero-order valence-corrected chi connectivity index (χ0v) is 12.8. The van der Waals surface area contributed by atoms with Gasteiger partial charge in [-0.05, 0) is 6.42 Å². The Morgan fingerprint density at radius 2 is 2.00 bits per heavy atom. The maximum atomic E-state index is 5.99. The number of imidazole rings is 1. The first-order valence-electron chi connectivity index (χ1n) is 7.65. The second-order valence-electron chi connectivity index (χ2n) is 5.53. The van der Waals surface area contributed by atoms with Crippen LogP contribution in [0.5, 0.6) is 0 Å². The monoisotopic (exact) mass is 289 g/mol. The number of nitrogen functional groups attached to an aromatic ring is 1. The van der Waals surface area contributed by atoms with Crippen LogP contribution in [0, 0.1) is 0 Å². The van der Waals surface area contributed by atoms with Crippen molar-refractivity contribution in [3.63, 3.8) is 0 Å². The molecule has 1 aliphatic heterocycles. The number of piperazine rings is 1. The lowest BCUT2D eigenvalue weighted by Crippen LogP contribution is -2.44. The van der Waals surface area contributed by atoms with Gasteiger partial charge in [-0.15, -0.1) is 10.2 Å². The summed E-state index contributed by atoms with van der Waals surface area (Å²) >= 11 is 0. The molecule has 3 heterocycles. The molecule has 1 saturated heterocycles. The van der Waals surface area contributed by atoms with E-state index in [-0.39, 0.29) is 0 Å². The lowest BCUT2D eigenvalue weighted by Gasteiger charge is -2.28. The molecule has 0 radical (unpaired) electrons. The van der Waals surface area contributed by atoms with Gasteiger partial charge in [0.05, 0.1) is 0 Å². The molecule has 1 aliphatic rings. The van der Waals surface area contributed by atoms with Crippen LogP contribution in [0.1, 0.15) is 25.6 Å². The van der Waals surface area contributed by atoms with Gasteiger partial charge < -0.3 is 20.5 Å². The van der Waals surface area contributed by atoms with Crippen LogP contribution in [0.4, 0.5) is 11.6 Å². The van der Waals surface area contributed by atoms with Crippen LogP contribution in [0.25, 0.3) is 11.0 Å². The van der Waals surface area contributed by atoms with Gasteiger partial charge in [0, 0.05) is 39.6 Å². The summed E-state index contributed by atoms with van der Waals surface area (Å²) in [6, 6.07) is 0. The highest BCUT2D eigenvalue weighted by Crippen LogP contribution is 2.28. The van der Waals surface area contributed by atoms with E-state index in [1.807, 2.05) is 7.05 Å². The molecule has 0 unspecified atom stereocenters. The number of rotatable bonds is 4. The van der Waals surface area contributed by atoms with Crippen molar-refractivity contribution in [2.45, 2.75) is 26.2 Å². The molecule has 0 amide bonds. The van der Waals surface area contributed by atoms with Crippen LogP contribution in [-0.2, 0) is 13.5 Å². The summed E-state index contributed by atoms with van der Waals surface area (Å²) in [5.41, 5.74) is 7.78. The first-order chi connectivity index (χ1) is 10.2. The Labute approximate surface area is 124 Å². The Kier molecular flexibility index (Phi) is 3.92. The fourth-order valence-electron chi connectivity index (χ4n) is 2.82. The number of nitrogens with two attached hydrogens (primary N) is 1. The summed E-state index contributed by atoms with van der Waals surface area (Å²) in [6.45, 7) is 5.99. The average molecular weight is 289 g/mol. The molecule has 3 rings (SSSR count). The van der Waals surface area contributed by atoms with E-state index in [0.29, 0.717) is 5.82 Å². The summed E-state index contributed by atoms with van der Waals surface area (Å²) in [5.74, 6) is 2.38. The molecule has 0 aromatic carbocycles. The van der Waals surface area contributed by atoms with Gasteiger partial charge in [-0.25, -0.2) is 4.98 Å². The third-order valence-corrected chi connectivity index (χ3v) is 4.07. The predicted molar refractivity (Wildman–Crippen MR) is 84.4 cm³/mol. The fourth-order valence-corrected chi connectivity index (χ4v) is 2.82. The number of aryl methyl sites for hydroxylation is 2. The molecule has 0 aliphatic carbocycles. The highest BCUT2D eigenvalue weighted by atomic mass is 15.3. The summed E-state index contributed by atoms with van der Waals surface area (Å²) in [4.78, 5) is 6.96. The zero-order valence-electron chi connectivity index (χ0n) is 12.8. The molecule has 21 heavy (non-hydrogen) atoms. The molecule has 7 nitrogen and oxygen atoms in total. The molecular weight excluding hydrogens is 266 g/mol. The maximum absolute atomic E-state index is 5.99. The summed E-state index contributed by atoms with van der Waals surface area (Å²) in [6.07, 6.45) is 3.24. The first-order valence-corrected chi connectivity index (χ1v) is 7.65. The Morgan fingerprint density at radius 1 is 1.24 bits per heavy atom. The number of hydrogen-bond donors (Lipinski definition) is 2. The molecule has 2 aromatic heterocycles. The minimum Gasteiger partial charge on any atom is -0.380 e. The average Bonchev–Trinajstić information content (AvgIpc) is 2.85. The topological polar surface area (TPSA) is 84.9 Å². The summed E-state index contributed by atoms with van der Waals surface area (Å²) in [7, 11) is 2.05. The van der Waals surface area contributed by atoms with E-state index < -0.39 is 0 Å². The van der Waals surface area contributed by atoms with E-state index in [2.05, 4.69) is 31.9 Å². The molecule has 114 valence electrons. The van der Waals surface area contributed by atoms with Crippen LogP contribution in [-0.4, -0.2) is 45.9 Å². The molecule has 0 bridgehead atoms. The molecule has 0 saturated carbocycles. The lowest BCUT2D eigenvalue weighted by atomic mass is 10.2. The third kappa shape index (κ3) is 2.53. The van der Waals surface area contributed by atoms with E-state index in [0.717, 1.165) is 68.1 Å². The molecular formula is C14H23N7. The SMILES string of the molecule is CCCCc1nc2c(N)nnc(N3CCNCC3)c2n1C. The number of nitrogens with zero attached hydrogens (tertiary/aromatic N) is 5. The van der Waals surface area contributed by atoms with Crippen molar-refractivity contribution in [1.82, 2.24) is 25.1 Å². The zero-order chi connectivity index (χ0) is 14.8. The number of anilines is 2. The van der Waals surface area contributed by atoms with Gasteiger partial charge in [-0.3, -0.25) is 0 Å². The number of hydrogen-bond acceptors (Lipinski definition) is 6. The number of unbranched alkanes of at least 4 members (excludes halogenated alkanes) is 1. The van der Waals surface area contributed by atoms with Crippen LogP contribution in [0.3, 0.4) is 0 Å². The molecule has 3 N–H and O–H groups in total. The predicted octanol–water partition coefficient (Wildman–Crippen LogP) is 0.698. The fraction of sp³-hybridized carbons (Fsp3) is 0.643. The molecule has 7 heteroatoms. The quantitative estimate of drug-likeness (QED) is 0.862. The summed E-state index contributed by atoms with van der Waals surface area (Å²) < 4.78 is 2.13. The lowest BCUT2D eigenvalue weighted by molar-refractivity contribution is 0.583. The van der Waals surface area contributed by atoms with Crippen molar-refractivity contribution in [1.29, 1.82) is 0 Å². The maximum Gasteiger partial charge on any atom is 0.177 e. The smallest absolute Gasteiger partial charge is 0.177 e. The Balaban J connectivity index is 2.07. The van der Waals surface area contributed by atoms with E-state index in [9.17, 15) is 0 Å². The van der Waals surface area contributed by atoms with Crippen molar-refractivity contribution >= 4 is 22.7 Å². The highest BCUT2D eigenvalue weighted by Gasteiger charge is 2.21. The third-order valence-electron chi connectivity index (χ3n) is 4.07. The first kappa shape index (κ1) is 14.1. The van der Waals surface area contributed by atoms with E-state index in [1.165, 1.54) is 0 Å². The number of aromatic nitrogens is 4. The second kappa shape index (κ2) is 5.85. The van der Waals surface area contributed by atoms with Crippen molar-refractivity contribution < 1.29 is 0 Å². The van der Waals surface area contributed by atoms with E-state index in [1.54, 1.807) is 0 Å². The van der Waals surface area contributed by atoms with Gasteiger partial charge in [-0.1, -0.05) is 13.3 Å². The standard InChI is InChI=1S/C14H23N7/c1-3-4-5-10-17-11-12(20(10)2)14(19-18-13(11)15)21-8-6-16-7-9-21/h16H,3-9H2,1-2H3,(H2,15,18). The van der Waals surface area contributed by atoms with Crippen molar-refractivity contribution in [2.75, 3.05) is 36.8 Å². The van der Waals surface area contributed by atoms with Gasteiger partial charge in [0.1, 0.15) is 16.9 Å². The van der Waals surface area contributed by atoms with Gasteiger partial charge >= 0.3 is 0 Å². The van der Waals surface area contributed by atoms with Crippen molar-refractivity contribution in [3.8, 4) is 0 Å². The minimum absolute atomic E-state index is 0.419. The molecule has 0 atom stereocenters. The molecule has 2 aromatic rings. The highest BCUT2D eigenvalue weighted by molar-refractivity contribution is 5.93. The number of fused-ring (bicyclic) bond motifs is 1. The minimum atomic E-state index is 0.419. The molecule has 0 spiro atoms. The van der Waals surface area contributed by atoms with E-state index >= 15 is 0 Å². The van der Waals surface area contributed by atoms with Crippen LogP contribution < -0.4 is 16.0 Å². The van der Waals surface area contributed by atoms with Gasteiger partial charge in [0.15, 0.2) is 11.6 Å². The second-order valence-corrected chi connectivity index (χ2v) is 5.53. The van der Waals surface area contributed by atoms with Gasteiger partial charge in [0.25, 0.3) is 0 Å². The van der Waals surface area contributed by atoms with Crippen molar-refractivity contribution in [2.24, 2.45) is 7.05 Å². The Hall–Kier alpha value is -1.89. The summed E-state index contributed by atoms with van der Waals surface area (Å²) in [5, 5.41) is 11.8. The largest absolute Gasteiger partial charge is 0.380 e. The van der Waals surface area contributed by atoms with Gasteiger partial charge in [0.2, 0.25) is 0 Å². The normalized spacial score (nSPS) is 15.8. The Morgan fingerprint density at radius 3 is 2.71 bits per heavy atom. The van der Waals surface area contributed by atoms with Crippen molar-refractivity contribution in [3.05, 3.63) is 5.82 Å². The van der Waals surface area contributed by atoms with E-state index in [4.69, 9.17) is 10.7 Å².